The van der Waals surface area contributed by atoms with Crippen LogP contribution in [0.5, 0.6) is 0 Å². The second-order valence-electron chi connectivity index (χ2n) is 6.39. The fourth-order valence-corrected chi connectivity index (χ4v) is 5.76. The van der Waals surface area contributed by atoms with E-state index in [2.05, 4.69) is 10.2 Å². The number of nitrogens with zero attached hydrogens (tertiary/aromatic N) is 2. The molecule has 0 aromatic heterocycles. The Labute approximate surface area is 122 Å². The molecule has 0 bridgehead atoms. The van der Waals surface area contributed by atoms with Crippen molar-refractivity contribution < 1.29 is 8.42 Å². The first-order chi connectivity index (χ1) is 9.68. The number of hydrogen-bond donors (Lipinski definition) is 1. The molecule has 1 saturated carbocycles. The number of nitrogens with one attached hydrogen (secondary N) is 1. The summed E-state index contributed by atoms with van der Waals surface area (Å²) in [7, 11) is -3.09. The van der Waals surface area contributed by atoms with Crippen LogP contribution in [0.4, 0.5) is 0 Å². The van der Waals surface area contributed by atoms with Crippen LogP contribution < -0.4 is 5.32 Å². The fourth-order valence-electron chi connectivity index (χ4n) is 3.88. The molecule has 3 rings (SSSR count). The third kappa shape index (κ3) is 3.03. The minimum atomic E-state index is -3.09. The average molecular weight is 301 g/mol. The number of rotatable bonds is 3. The molecule has 1 N–H and O–H groups in total. The van der Waals surface area contributed by atoms with Crippen molar-refractivity contribution in [3.05, 3.63) is 0 Å². The highest BCUT2D eigenvalue weighted by atomic mass is 32.2. The van der Waals surface area contributed by atoms with E-state index in [0.717, 1.165) is 38.5 Å². The molecular weight excluding hydrogens is 274 g/mol. The lowest BCUT2D eigenvalue weighted by atomic mass is 10.2. The first-order valence-electron chi connectivity index (χ1n) is 8.11. The van der Waals surface area contributed by atoms with Crippen LogP contribution in [0.25, 0.3) is 0 Å². The maximum absolute atomic E-state index is 12.6. The molecule has 116 valence electrons. The molecule has 1 aliphatic carbocycles. The van der Waals surface area contributed by atoms with Crippen molar-refractivity contribution in [1.29, 1.82) is 0 Å². The van der Waals surface area contributed by atoms with Gasteiger partial charge in [-0.15, -0.1) is 0 Å². The molecule has 2 aliphatic heterocycles. The largest absolute Gasteiger partial charge is 0.315 e. The Morgan fingerprint density at radius 3 is 2.20 bits per heavy atom. The SMILES string of the molecule is O=S(=O)(C1CCCNC1)N1CCN(C2CCCC2)CC1. The van der Waals surface area contributed by atoms with Gasteiger partial charge in [0.15, 0.2) is 0 Å². The quantitative estimate of drug-likeness (QED) is 0.831. The molecule has 3 fully saturated rings. The van der Waals surface area contributed by atoms with E-state index in [4.69, 9.17) is 0 Å². The molecular formula is C14H27N3O2S. The maximum atomic E-state index is 12.6. The Bertz CT molecular complexity index is 406. The second kappa shape index (κ2) is 6.30. The van der Waals surface area contributed by atoms with Crippen LogP contribution in [0.1, 0.15) is 38.5 Å². The first-order valence-corrected chi connectivity index (χ1v) is 9.62. The van der Waals surface area contributed by atoms with Gasteiger partial charge in [0.05, 0.1) is 5.25 Å². The van der Waals surface area contributed by atoms with Crippen LogP contribution in [0.15, 0.2) is 0 Å². The topological polar surface area (TPSA) is 52.7 Å². The van der Waals surface area contributed by atoms with Gasteiger partial charge in [-0.2, -0.15) is 4.31 Å². The van der Waals surface area contributed by atoms with E-state index in [9.17, 15) is 8.42 Å². The molecule has 6 heteroatoms. The number of piperidine rings is 1. The summed E-state index contributed by atoms with van der Waals surface area (Å²) in [6.45, 7) is 4.81. The third-order valence-corrected chi connectivity index (χ3v) is 7.48. The zero-order valence-corrected chi connectivity index (χ0v) is 13.1. The van der Waals surface area contributed by atoms with E-state index in [-0.39, 0.29) is 5.25 Å². The van der Waals surface area contributed by atoms with Gasteiger partial charge in [-0.1, -0.05) is 12.8 Å². The van der Waals surface area contributed by atoms with E-state index in [1.807, 2.05) is 0 Å². The van der Waals surface area contributed by atoms with Crippen molar-refractivity contribution in [2.75, 3.05) is 39.3 Å². The van der Waals surface area contributed by atoms with Crippen LogP contribution >= 0.6 is 0 Å². The summed E-state index contributed by atoms with van der Waals surface area (Å²) >= 11 is 0. The Morgan fingerprint density at radius 1 is 0.900 bits per heavy atom. The summed E-state index contributed by atoms with van der Waals surface area (Å²) in [5, 5.41) is 3.02. The smallest absolute Gasteiger partial charge is 0.218 e. The molecule has 2 saturated heterocycles. The summed E-state index contributed by atoms with van der Waals surface area (Å²) in [4.78, 5) is 2.51. The van der Waals surface area contributed by atoms with Gasteiger partial charge < -0.3 is 5.32 Å². The van der Waals surface area contributed by atoms with Crippen molar-refractivity contribution in [2.45, 2.75) is 49.8 Å². The molecule has 0 spiro atoms. The molecule has 0 amide bonds. The molecule has 1 unspecified atom stereocenters. The van der Waals surface area contributed by atoms with Crippen LogP contribution in [-0.4, -0.2) is 68.2 Å². The normalized spacial score (nSPS) is 31.7. The van der Waals surface area contributed by atoms with Gasteiger partial charge in [-0.05, 0) is 32.2 Å². The van der Waals surface area contributed by atoms with Crippen LogP contribution in [0, 0.1) is 0 Å². The first kappa shape index (κ1) is 14.8. The fraction of sp³-hybridized carbons (Fsp3) is 1.00. The Hall–Kier alpha value is -0.170. The lowest BCUT2D eigenvalue weighted by molar-refractivity contribution is 0.138. The van der Waals surface area contributed by atoms with Crippen LogP contribution in [0.3, 0.4) is 0 Å². The molecule has 1 atom stereocenters. The highest BCUT2D eigenvalue weighted by Gasteiger charge is 2.36. The molecule has 3 aliphatic rings. The van der Waals surface area contributed by atoms with Gasteiger partial charge >= 0.3 is 0 Å². The number of piperazine rings is 1. The summed E-state index contributed by atoms with van der Waals surface area (Å²) in [5.41, 5.74) is 0. The maximum Gasteiger partial charge on any atom is 0.218 e. The highest BCUT2D eigenvalue weighted by Crippen LogP contribution is 2.25. The van der Waals surface area contributed by atoms with Crippen LogP contribution in [-0.2, 0) is 10.0 Å². The summed E-state index contributed by atoms with van der Waals surface area (Å²) in [6, 6.07) is 0.719. The standard InChI is InChI=1S/C14H27N3O2S/c18-20(19,14-6-3-7-15-12-14)17-10-8-16(9-11-17)13-4-1-2-5-13/h13-15H,1-12H2. The van der Waals surface area contributed by atoms with Gasteiger partial charge in [-0.25, -0.2) is 8.42 Å². The molecule has 5 nitrogen and oxygen atoms in total. The zero-order valence-electron chi connectivity index (χ0n) is 12.3. The Morgan fingerprint density at radius 2 is 1.60 bits per heavy atom. The number of sulfonamides is 1. The Balaban J connectivity index is 1.56. The van der Waals surface area contributed by atoms with Crippen molar-refractivity contribution in [2.24, 2.45) is 0 Å². The lowest BCUT2D eigenvalue weighted by Crippen LogP contribution is -2.55. The van der Waals surface area contributed by atoms with E-state index < -0.39 is 10.0 Å². The molecule has 2 heterocycles. The Kier molecular flexibility index (Phi) is 4.65. The van der Waals surface area contributed by atoms with Crippen molar-refractivity contribution >= 4 is 10.0 Å². The van der Waals surface area contributed by atoms with E-state index in [1.165, 1.54) is 25.7 Å². The third-order valence-electron chi connectivity index (χ3n) is 5.15. The highest BCUT2D eigenvalue weighted by molar-refractivity contribution is 7.89. The van der Waals surface area contributed by atoms with Gasteiger partial charge in [0.2, 0.25) is 10.0 Å². The molecule has 0 aromatic rings. The van der Waals surface area contributed by atoms with Crippen molar-refractivity contribution in [3.8, 4) is 0 Å². The van der Waals surface area contributed by atoms with Crippen LogP contribution in [0.2, 0.25) is 0 Å². The minimum Gasteiger partial charge on any atom is -0.315 e. The summed E-state index contributed by atoms with van der Waals surface area (Å²) in [6.07, 6.45) is 7.09. The van der Waals surface area contributed by atoms with Gasteiger partial charge in [0.25, 0.3) is 0 Å². The molecule has 0 radical (unpaired) electrons. The zero-order chi connectivity index (χ0) is 14.0. The summed E-state index contributed by atoms with van der Waals surface area (Å²) in [5.74, 6) is 0. The summed E-state index contributed by atoms with van der Waals surface area (Å²) < 4.78 is 27.0. The van der Waals surface area contributed by atoms with E-state index in [0.29, 0.717) is 19.6 Å². The van der Waals surface area contributed by atoms with E-state index >= 15 is 0 Å². The predicted molar refractivity (Wildman–Crippen MR) is 80.2 cm³/mol. The van der Waals surface area contributed by atoms with Crippen molar-refractivity contribution in [3.63, 3.8) is 0 Å². The monoisotopic (exact) mass is 301 g/mol. The molecule has 20 heavy (non-hydrogen) atoms. The van der Waals surface area contributed by atoms with Crippen molar-refractivity contribution in [1.82, 2.24) is 14.5 Å². The molecule has 0 aromatic carbocycles. The predicted octanol–water partition coefficient (Wildman–Crippen LogP) is 0.628. The van der Waals surface area contributed by atoms with Gasteiger partial charge in [-0.3, -0.25) is 4.90 Å². The van der Waals surface area contributed by atoms with E-state index in [1.54, 1.807) is 4.31 Å². The second-order valence-corrected chi connectivity index (χ2v) is 8.60. The van der Waals surface area contributed by atoms with Gasteiger partial charge in [0, 0.05) is 38.8 Å². The number of hydrogen-bond acceptors (Lipinski definition) is 4. The lowest BCUT2D eigenvalue weighted by Gasteiger charge is -2.39. The minimum absolute atomic E-state index is 0.200. The average Bonchev–Trinajstić information content (AvgIpc) is 3.02. The van der Waals surface area contributed by atoms with Gasteiger partial charge in [0.1, 0.15) is 0 Å².